The van der Waals surface area contributed by atoms with Crippen LogP contribution in [0, 0.1) is 0 Å². The molecule has 0 amide bonds. The van der Waals surface area contributed by atoms with E-state index in [1.54, 1.807) is 0 Å². The van der Waals surface area contributed by atoms with E-state index in [0.717, 1.165) is 42.9 Å². The van der Waals surface area contributed by atoms with Gasteiger partial charge in [-0.15, -0.1) is 10.2 Å². The Morgan fingerprint density at radius 1 is 1.00 bits per heavy atom. The second-order valence-corrected chi connectivity index (χ2v) is 5.11. The van der Waals surface area contributed by atoms with Crippen LogP contribution in [-0.4, -0.2) is 35.2 Å². The molecule has 0 spiro atoms. The van der Waals surface area contributed by atoms with E-state index in [4.69, 9.17) is 4.74 Å². The molecule has 0 bridgehead atoms. The van der Waals surface area contributed by atoms with Crippen LogP contribution in [-0.2, 0) is 4.74 Å². The van der Waals surface area contributed by atoms with Crippen LogP contribution in [0.2, 0.25) is 0 Å². The number of aromatic nitrogens is 3. The summed E-state index contributed by atoms with van der Waals surface area (Å²) < 4.78 is 5.62. The van der Waals surface area contributed by atoms with Gasteiger partial charge in [0, 0.05) is 25.1 Å². The van der Waals surface area contributed by atoms with E-state index < -0.39 is 0 Å². The normalized spacial score (nSPS) is 10.9. The largest absolute Gasteiger partial charge is 0.381 e. The molecule has 1 aromatic carbocycles. The Bertz CT molecular complexity index is 527. The molecule has 1 aromatic heterocycles. The number of benzene rings is 1. The molecular weight excluding hydrogens is 264 g/mol. The van der Waals surface area contributed by atoms with Crippen molar-refractivity contribution >= 4 is 16.7 Å². The number of ether oxygens (including phenoxy) is 1. The topological polar surface area (TPSA) is 59.9 Å². The molecule has 21 heavy (non-hydrogen) atoms. The monoisotopic (exact) mass is 288 g/mol. The van der Waals surface area contributed by atoms with Crippen molar-refractivity contribution in [1.82, 2.24) is 15.4 Å². The Balaban J connectivity index is 1.64. The molecule has 0 saturated carbocycles. The summed E-state index contributed by atoms with van der Waals surface area (Å²) in [5.74, 6) is 0.795. The summed E-state index contributed by atoms with van der Waals surface area (Å²) in [6, 6.07) is 7.88. The molecule has 114 valence electrons. The lowest BCUT2D eigenvalue weighted by Gasteiger charge is -2.07. The first-order chi connectivity index (χ1) is 10.4. The van der Waals surface area contributed by atoms with Gasteiger partial charge in [0.1, 0.15) is 0 Å². The minimum Gasteiger partial charge on any atom is -0.381 e. The van der Waals surface area contributed by atoms with Gasteiger partial charge in [0.15, 0.2) is 5.82 Å². The van der Waals surface area contributed by atoms with Crippen molar-refractivity contribution in [3.8, 4) is 0 Å². The average molecular weight is 288 g/mol. The Labute approximate surface area is 126 Å². The molecule has 0 atom stereocenters. The predicted octanol–water partition coefficient (Wildman–Crippen LogP) is 3.42. The lowest BCUT2D eigenvalue weighted by molar-refractivity contribution is 0.129. The van der Waals surface area contributed by atoms with E-state index in [9.17, 15) is 0 Å². The standard InChI is InChI=1S/C16H24N4O/c1-2-3-4-7-12-21-13-8-11-17-16-14-9-5-6-10-15(14)18-20-19-16/h5-6,9-10H,2-4,7-8,11-13H2,1H3,(H,17,18,19). The first-order valence-electron chi connectivity index (χ1n) is 7.81. The van der Waals surface area contributed by atoms with Crippen LogP contribution in [0.5, 0.6) is 0 Å². The zero-order chi connectivity index (χ0) is 14.8. The van der Waals surface area contributed by atoms with Gasteiger partial charge in [0.05, 0.1) is 5.52 Å². The molecule has 0 fully saturated rings. The maximum Gasteiger partial charge on any atom is 0.160 e. The van der Waals surface area contributed by atoms with Crippen LogP contribution < -0.4 is 5.32 Å². The molecule has 5 heteroatoms. The predicted molar refractivity (Wildman–Crippen MR) is 85.4 cm³/mol. The third-order valence-corrected chi connectivity index (χ3v) is 3.36. The van der Waals surface area contributed by atoms with Crippen molar-refractivity contribution in [3.63, 3.8) is 0 Å². The first kappa shape index (κ1) is 15.6. The third kappa shape index (κ3) is 5.27. The number of nitrogens with one attached hydrogen (secondary N) is 1. The summed E-state index contributed by atoms with van der Waals surface area (Å²) in [5.41, 5.74) is 0.863. The summed E-state index contributed by atoms with van der Waals surface area (Å²) >= 11 is 0. The number of hydrogen-bond donors (Lipinski definition) is 1. The van der Waals surface area contributed by atoms with Crippen LogP contribution in [0.15, 0.2) is 24.3 Å². The zero-order valence-electron chi connectivity index (χ0n) is 12.7. The van der Waals surface area contributed by atoms with E-state index in [1.165, 1.54) is 25.7 Å². The molecule has 1 N–H and O–H groups in total. The van der Waals surface area contributed by atoms with Gasteiger partial charge in [-0.05, 0) is 30.2 Å². The molecule has 0 aliphatic rings. The van der Waals surface area contributed by atoms with Crippen molar-refractivity contribution in [2.75, 3.05) is 25.1 Å². The maximum absolute atomic E-state index is 5.62. The Morgan fingerprint density at radius 2 is 1.86 bits per heavy atom. The summed E-state index contributed by atoms with van der Waals surface area (Å²) in [6.45, 7) is 4.71. The van der Waals surface area contributed by atoms with E-state index in [0.29, 0.717) is 0 Å². The van der Waals surface area contributed by atoms with E-state index in [-0.39, 0.29) is 0 Å². The van der Waals surface area contributed by atoms with Crippen LogP contribution in [0.3, 0.4) is 0 Å². The SMILES string of the molecule is CCCCCCOCCCNc1nnnc2ccccc12. The molecule has 1 heterocycles. The second-order valence-electron chi connectivity index (χ2n) is 5.11. The minimum absolute atomic E-state index is 0.787. The molecule has 0 aliphatic carbocycles. The fourth-order valence-electron chi connectivity index (χ4n) is 2.17. The number of rotatable bonds is 10. The number of hydrogen-bond acceptors (Lipinski definition) is 5. The van der Waals surface area contributed by atoms with Crippen molar-refractivity contribution in [1.29, 1.82) is 0 Å². The molecule has 0 radical (unpaired) electrons. The summed E-state index contributed by atoms with van der Waals surface area (Å²) in [4.78, 5) is 0. The molecule has 0 saturated heterocycles. The van der Waals surface area contributed by atoms with Crippen LogP contribution in [0.4, 0.5) is 5.82 Å². The lowest BCUT2D eigenvalue weighted by atomic mass is 10.2. The second kappa shape index (κ2) is 9.23. The molecule has 5 nitrogen and oxygen atoms in total. The Morgan fingerprint density at radius 3 is 2.76 bits per heavy atom. The van der Waals surface area contributed by atoms with Crippen LogP contribution >= 0.6 is 0 Å². The van der Waals surface area contributed by atoms with Gasteiger partial charge in [-0.25, -0.2) is 0 Å². The van der Waals surface area contributed by atoms with Crippen molar-refractivity contribution in [2.24, 2.45) is 0 Å². The van der Waals surface area contributed by atoms with Crippen molar-refractivity contribution < 1.29 is 4.74 Å². The first-order valence-corrected chi connectivity index (χ1v) is 7.81. The number of unbranched alkanes of at least 4 members (excludes halogenated alkanes) is 3. The summed E-state index contributed by atoms with van der Waals surface area (Å²) in [7, 11) is 0. The quantitative estimate of drug-likeness (QED) is 0.679. The van der Waals surface area contributed by atoms with Gasteiger partial charge in [0.2, 0.25) is 0 Å². The molecule has 2 rings (SSSR count). The molecule has 2 aromatic rings. The molecular formula is C16H24N4O. The van der Waals surface area contributed by atoms with Gasteiger partial charge < -0.3 is 10.1 Å². The third-order valence-electron chi connectivity index (χ3n) is 3.36. The highest BCUT2D eigenvalue weighted by Crippen LogP contribution is 2.17. The number of nitrogens with zero attached hydrogens (tertiary/aromatic N) is 3. The van der Waals surface area contributed by atoms with Gasteiger partial charge in [-0.1, -0.05) is 38.3 Å². The van der Waals surface area contributed by atoms with Crippen LogP contribution in [0.1, 0.15) is 39.0 Å². The maximum atomic E-state index is 5.62. The van der Waals surface area contributed by atoms with Gasteiger partial charge in [0.25, 0.3) is 0 Å². The summed E-state index contributed by atoms with van der Waals surface area (Å²) in [5, 5.41) is 16.2. The molecule has 0 unspecified atom stereocenters. The number of fused-ring (bicyclic) bond motifs is 1. The summed E-state index contributed by atoms with van der Waals surface area (Å²) in [6.07, 6.45) is 5.98. The van der Waals surface area contributed by atoms with Crippen molar-refractivity contribution in [3.05, 3.63) is 24.3 Å². The van der Waals surface area contributed by atoms with Crippen molar-refractivity contribution in [2.45, 2.75) is 39.0 Å². The van der Waals surface area contributed by atoms with Gasteiger partial charge >= 0.3 is 0 Å². The number of anilines is 1. The van der Waals surface area contributed by atoms with E-state index >= 15 is 0 Å². The van der Waals surface area contributed by atoms with Gasteiger partial charge in [-0.2, -0.15) is 0 Å². The highest BCUT2D eigenvalue weighted by molar-refractivity contribution is 5.88. The van der Waals surface area contributed by atoms with Gasteiger partial charge in [-0.3, -0.25) is 0 Å². The van der Waals surface area contributed by atoms with E-state index in [2.05, 4.69) is 27.7 Å². The Kier molecular flexibility index (Phi) is 6.88. The highest BCUT2D eigenvalue weighted by atomic mass is 16.5. The Hall–Kier alpha value is -1.75. The smallest absolute Gasteiger partial charge is 0.160 e. The fraction of sp³-hybridized carbons (Fsp3) is 0.562. The lowest BCUT2D eigenvalue weighted by Crippen LogP contribution is -2.09. The van der Waals surface area contributed by atoms with Crippen LogP contribution in [0.25, 0.3) is 10.9 Å². The minimum atomic E-state index is 0.787. The van der Waals surface area contributed by atoms with E-state index in [1.807, 2.05) is 24.3 Å². The zero-order valence-corrected chi connectivity index (χ0v) is 12.7. The average Bonchev–Trinajstić information content (AvgIpc) is 2.53. The fourth-order valence-corrected chi connectivity index (χ4v) is 2.17. The molecule has 0 aliphatic heterocycles. The highest BCUT2D eigenvalue weighted by Gasteiger charge is 2.02.